The Balaban J connectivity index is 3.22. The lowest BCUT2D eigenvalue weighted by Crippen LogP contribution is -2.75. The molecule has 0 aromatic rings. The predicted octanol–water partition coefficient (Wildman–Crippen LogP) is 2.39. The molecule has 120 valence electrons. The SMILES string of the molecule is COC(=O)[C@H](C)[C@@H]1[C@@H](C(=O)Cl)C(=O)N1[Si](C)(C)C(C)(C)C. The van der Waals surface area contributed by atoms with Gasteiger partial charge in [-0.1, -0.05) is 33.9 Å². The Hall–Kier alpha value is -0.883. The molecule has 21 heavy (non-hydrogen) atoms. The smallest absolute Gasteiger partial charge is 0.310 e. The van der Waals surface area contributed by atoms with Crippen molar-refractivity contribution in [2.75, 3.05) is 7.11 Å². The highest BCUT2D eigenvalue weighted by Gasteiger charge is 2.61. The Labute approximate surface area is 132 Å². The van der Waals surface area contributed by atoms with E-state index in [0.29, 0.717) is 0 Å². The Kier molecular flexibility index (Phi) is 4.95. The summed E-state index contributed by atoms with van der Waals surface area (Å²) in [5.41, 5.74) is 0. The fourth-order valence-corrected chi connectivity index (χ4v) is 5.34. The van der Waals surface area contributed by atoms with Gasteiger partial charge in [-0.3, -0.25) is 14.4 Å². The molecule has 0 aliphatic carbocycles. The summed E-state index contributed by atoms with van der Waals surface area (Å²) >= 11 is 5.57. The van der Waals surface area contributed by atoms with Gasteiger partial charge >= 0.3 is 5.97 Å². The van der Waals surface area contributed by atoms with E-state index in [1.165, 1.54) is 7.11 Å². The summed E-state index contributed by atoms with van der Waals surface area (Å²) in [4.78, 5) is 35.8. The van der Waals surface area contributed by atoms with Gasteiger partial charge in [-0.25, -0.2) is 0 Å². The minimum absolute atomic E-state index is 0.0862. The van der Waals surface area contributed by atoms with Crippen molar-refractivity contribution in [1.29, 1.82) is 0 Å². The molecule has 0 radical (unpaired) electrons. The number of nitrogens with zero attached hydrogens (tertiary/aromatic N) is 1. The number of rotatable bonds is 4. The van der Waals surface area contributed by atoms with Gasteiger partial charge in [-0.05, 0) is 23.6 Å². The van der Waals surface area contributed by atoms with Gasteiger partial charge < -0.3 is 9.30 Å². The zero-order valence-corrected chi connectivity index (χ0v) is 15.4. The normalized spacial score (nSPS) is 24.4. The zero-order chi connectivity index (χ0) is 16.7. The summed E-state index contributed by atoms with van der Waals surface area (Å²) in [6, 6.07) is -0.504. The number of amides is 1. The summed E-state index contributed by atoms with van der Waals surface area (Å²) in [7, 11) is -0.892. The Morgan fingerprint density at radius 3 is 2.14 bits per heavy atom. The average Bonchev–Trinajstić information content (AvgIpc) is 2.31. The van der Waals surface area contributed by atoms with Crippen LogP contribution in [-0.2, 0) is 19.1 Å². The van der Waals surface area contributed by atoms with Gasteiger partial charge in [0.15, 0.2) is 8.24 Å². The molecule has 1 aliphatic rings. The van der Waals surface area contributed by atoms with Crippen LogP contribution in [0.3, 0.4) is 0 Å². The lowest BCUT2D eigenvalue weighted by molar-refractivity contribution is -0.161. The quantitative estimate of drug-likeness (QED) is 0.260. The van der Waals surface area contributed by atoms with E-state index < -0.39 is 37.3 Å². The summed E-state index contributed by atoms with van der Waals surface area (Å²) in [6.45, 7) is 12.0. The fraction of sp³-hybridized carbons (Fsp3) is 0.786. The number of hydrogen-bond donors (Lipinski definition) is 0. The third-order valence-electron chi connectivity index (χ3n) is 4.91. The maximum atomic E-state index is 12.4. The Morgan fingerprint density at radius 2 is 1.81 bits per heavy atom. The minimum Gasteiger partial charge on any atom is -0.469 e. The van der Waals surface area contributed by atoms with Gasteiger partial charge in [0.2, 0.25) is 11.1 Å². The summed E-state index contributed by atoms with van der Waals surface area (Å²) in [5.74, 6) is -2.20. The van der Waals surface area contributed by atoms with Crippen LogP contribution in [0.5, 0.6) is 0 Å². The van der Waals surface area contributed by atoms with E-state index in [1.54, 1.807) is 11.5 Å². The second-order valence-electron chi connectivity index (χ2n) is 7.10. The van der Waals surface area contributed by atoms with Crippen LogP contribution in [0.25, 0.3) is 0 Å². The molecule has 0 aromatic carbocycles. The molecule has 0 bridgehead atoms. The minimum atomic E-state index is -2.19. The van der Waals surface area contributed by atoms with Gasteiger partial charge in [0.25, 0.3) is 0 Å². The standard InChI is InChI=1S/C14H24ClNO4Si/c1-8(13(19)20-5)10-9(11(15)17)12(18)16(10)21(6,7)14(2,3)4/h8-10H,1-7H3/t8-,9+,10-/m1/s1. The molecule has 7 heteroatoms. The molecule has 1 heterocycles. The number of ether oxygens (including phenoxy) is 1. The van der Waals surface area contributed by atoms with E-state index in [1.807, 2.05) is 0 Å². The molecule has 3 atom stereocenters. The monoisotopic (exact) mass is 333 g/mol. The van der Waals surface area contributed by atoms with Crippen LogP contribution in [0.4, 0.5) is 0 Å². The van der Waals surface area contributed by atoms with E-state index >= 15 is 0 Å². The summed E-state index contributed by atoms with van der Waals surface area (Å²) < 4.78 is 6.51. The number of esters is 1. The molecule has 1 amide bonds. The van der Waals surface area contributed by atoms with Gasteiger partial charge in [-0.15, -0.1) is 0 Å². The number of halogens is 1. The third kappa shape index (κ3) is 2.88. The highest BCUT2D eigenvalue weighted by atomic mass is 35.5. The van der Waals surface area contributed by atoms with Crippen molar-refractivity contribution in [3.05, 3.63) is 0 Å². The van der Waals surface area contributed by atoms with Gasteiger partial charge in [0.1, 0.15) is 5.92 Å². The first-order valence-electron chi connectivity index (χ1n) is 6.98. The maximum Gasteiger partial charge on any atom is 0.310 e. The molecule has 1 rings (SSSR count). The van der Waals surface area contributed by atoms with Crippen molar-refractivity contribution >= 4 is 37.0 Å². The number of carbonyl (C=O) groups excluding carboxylic acids is 3. The topological polar surface area (TPSA) is 63.7 Å². The molecule has 1 saturated heterocycles. The highest BCUT2D eigenvalue weighted by molar-refractivity contribution is 6.80. The largest absolute Gasteiger partial charge is 0.469 e. The lowest BCUT2D eigenvalue weighted by atomic mass is 9.82. The Morgan fingerprint density at radius 1 is 1.33 bits per heavy atom. The van der Waals surface area contributed by atoms with Crippen LogP contribution in [0.1, 0.15) is 27.7 Å². The van der Waals surface area contributed by atoms with E-state index in [4.69, 9.17) is 16.3 Å². The van der Waals surface area contributed by atoms with Gasteiger partial charge in [-0.2, -0.15) is 0 Å². The van der Waals surface area contributed by atoms with Crippen molar-refractivity contribution in [2.24, 2.45) is 11.8 Å². The van der Waals surface area contributed by atoms with Crippen molar-refractivity contribution in [3.63, 3.8) is 0 Å². The van der Waals surface area contributed by atoms with Crippen LogP contribution >= 0.6 is 11.6 Å². The molecule has 0 aromatic heterocycles. The van der Waals surface area contributed by atoms with E-state index in [0.717, 1.165) is 0 Å². The van der Waals surface area contributed by atoms with Crippen molar-refractivity contribution in [2.45, 2.75) is 51.9 Å². The van der Waals surface area contributed by atoms with Crippen LogP contribution in [0.15, 0.2) is 0 Å². The first-order chi connectivity index (χ1) is 9.37. The highest BCUT2D eigenvalue weighted by Crippen LogP contribution is 2.47. The molecular weight excluding hydrogens is 310 g/mol. The number of hydrogen-bond acceptors (Lipinski definition) is 4. The van der Waals surface area contributed by atoms with Gasteiger partial charge in [0.05, 0.1) is 19.1 Å². The van der Waals surface area contributed by atoms with E-state index in [-0.39, 0.29) is 10.9 Å². The second-order valence-corrected chi connectivity index (χ2v) is 12.6. The van der Waals surface area contributed by atoms with Crippen molar-refractivity contribution < 1.29 is 19.1 Å². The second kappa shape index (κ2) is 5.72. The van der Waals surface area contributed by atoms with Crippen molar-refractivity contribution in [1.82, 2.24) is 4.57 Å². The van der Waals surface area contributed by atoms with E-state index in [9.17, 15) is 14.4 Å². The number of β-lactam (4-membered cyclic amide) rings is 1. The molecule has 0 saturated carbocycles. The first kappa shape index (κ1) is 18.2. The molecular formula is C14H24ClNO4Si. The van der Waals surface area contributed by atoms with Crippen LogP contribution in [0, 0.1) is 11.8 Å². The fourth-order valence-electron chi connectivity index (χ4n) is 2.59. The summed E-state index contributed by atoms with van der Waals surface area (Å²) in [5, 5.41) is -0.785. The first-order valence-corrected chi connectivity index (χ1v) is 10.3. The maximum absolute atomic E-state index is 12.4. The van der Waals surface area contributed by atoms with Crippen LogP contribution in [-0.4, -0.2) is 43.1 Å². The molecule has 5 nitrogen and oxygen atoms in total. The van der Waals surface area contributed by atoms with E-state index in [2.05, 4.69) is 33.9 Å². The number of carbonyl (C=O) groups is 3. The Bertz CT molecular complexity index is 472. The summed E-state index contributed by atoms with van der Waals surface area (Å²) in [6.07, 6.45) is 0. The van der Waals surface area contributed by atoms with Crippen LogP contribution < -0.4 is 0 Å². The zero-order valence-electron chi connectivity index (χ0n) is 13.7. The number of methoxy groups -OCH3 is 1. The molecule has 1 aliphatic heterocycles. The third-order valence-corrected chi connectivity index (χ3v) is 10.5. The predicted molar refractivity (Wildman–Crippen MR) is 83.4 cm³/mol. The average molecular weight is 334 g/mol. The lowest BCUT2D eigenvalue weighted by Gasteiger charge is -2.58. The van der Waals surface area contributed by atoms with Crippen molar-refractivity contribution in [3.8, 4) is 0 Å². The molecule has 0 N–H and O–H groups in total. The van der Waals surface area contributed by atoms with Crippen LogP contribution in [0.2, 0.25) is 18.1 Å². The molecule has 0 unspecified atom stereocenters. The molecule has 1 fully saturated rings. The van der Waals surface area contributed by atoms with Gasteiger partial charge in [0, 0.05) is 0 Å². The molecule has 0 spiro atoms.